The standard InChI is InChI=1S/C27H29ClFN3O4S/c1-5-6-7-12-30-24(33)19-13-22-23(14-20(19)29)37-16-21(31-26(35)36-27(2,3)4)25(34)32(22)15-17-8-10-18(28)11-9-17/h1,8-11,13-14,21H,6-7,12,15-16H2,2-4H3,(H,30,33)(H,31,35)/t21-/m0/s1. The van der Waals surface area contributed by atoms with Gasteiger partial charge in [-0.3, -0.25) is 9.59 Å². The van der Waals surface area contributed by atoms with E-state index in [-0.39, 0.29) is 17.9 Å². The van der Waals surface area contributed by atoms with Gasteiger partial charge in [0.2, 0.25) is 0 Å². The second kappa shape index (κ2) is 12.3. The summed E-state index contributed by atoms with van der Waals surface area (Å²) in [6.07, 6.45) is 5.55. The highest BCUT2D eigenvalue weighted by atomic mass is 35.5. The second-order valence-corrected chi connectivity index (χ2v) is 10.9. The molecule has 2 aromatic carbocycles. The molecule has 2 N–H and O–H groups in total. The number of fused-ring (bicyclic) bond motifs is 1. The number of hydrogen-bond donors (Lipinski definition) is 2. The van der Waals surface area contributed by atoms with E-state index in [1.165, 1.54) is 28.8 Å². The molecule has 0 radical (unpaired) electrons. The Morgan fingerprint density at radius 3 is 2.62 bits per heavy atom. The van der Waals surface area contributed by atoms with Gasteiger partial charge in [-0.15, -0.1) is 24.1 Å². The number of benzene rings is 2. The zero-order valence-electron chi connectivity index (χ0n) is 20.9. The Bertz CT molecular complexity index is 1210. The highest BCUT2D eigenvalue weighted by molar-refractivity contribution is 7.99. The number of nitrogens with one attached hydrogen (secondary N) is 2. The van der Waals surface area contributed by atoms with Gasteiger partial charge in [-0.1, -0.05) is 23.7 Å². The smallest absolute Gasteiger partial charge is 0.408 e. The molecule has 196 valence electrons. The van der Waals surface area contributed by atoms with Crippen molar-refractivity contribution >= 4 is 47.0 Å². The first-order valence-corrected chi connectivity index (χ1v) is 13.1. The van der Waals surface area contributed by atoms with Crippen molar-refractivity contribution < 1.29 is 23.5 Å². The van der Waals surface area contributed by atoms with Gasteiger partial charge in [0.05, 0.1) is 17.8 Å². The normalized spacial score (nSPS) is 15.3. The molecule has 0 bridgehead atoms. The van der Waals surface area contributed by atoms with Crippen LogP contribution < -0.4 is 15.5 Å². The topological polar surface area (TPSA) is 87.7 Å². The third-order valence-electron chi connectivity index (χ3n) is 5.28. The first kappa shape index (κ1) is 28.4. The number of hydrogen-bond acceptors (Lipinski definition) is 5. The van der Waals surface area contributed by atoms with E-state index >= 15 is 4.39 Å². The van der Waals surface area contributed by atoms with Crippen LogP contribution >= 0.6 is 23.4 Å². The fourth-order valence-electron chi connectivity index (χ4n) is 3.57. The number of carbonyl (C=O) groups excluding carboxylic acids is 3. The van der Waals surface area contributed by atoms with Crippen LogP contribution in [-0.4, -0.2) is 41.8 Å². The fraction of sp³-hybridized carbons (Fsp3) is 0.370. The van der Waals surface area contributed by atoms with Crippen LogP contribution in [0.1, 0.15) is 49.5 Å². The predicted octanol–water partition coefficient (Wildman–Crippen LogP) is 5.15. The molecule has 37 heavy (non-hydrogen) atoms. The van der Waals surface area contributed by atoms with Crippen molar-refractivity contribution in [3.63, 3.8) is 0 Å². The molecule has 3 rings (SSSR count). The Morgan fingerprint density at radius 1 is 1.27 bits per heavy atom. The summed E-state index contributed by atoms with van der Waals surface area (Å²) >= 11 is 7.23. The van der Waals surface area contributed by atoms with E-state index in [1.54, 1.807) is 45.0 Å². The summed E-state index contributed by atoms with van der Waals surface area (Å²) in [5, 5.41) is 5.84. The minimum Gasteiger partial charge on any atom is -0.444 e. The van der Waals surface area contributed by atoms with Gasteiger partial charge in [0.25, 0.3) is 11.8 Å². The summed E-state index contributed by atoms with van der Waals surface area (Å²) < 4.78 is 20.3. The van der Waals surface area contributed by atoms with Crippen molar-refractivity contribution in [1.82, 2.24) is 10.6 Å². The molecule has 0 unspecified atom stereocenters. The third-order valence-corrected chi connectivity index (χ3v) is 6.67. The summed E-state index contributed by atoms with van der Waals surface area (Å²) in [6, 6.07) is 8.62. The van der Waals surface area contributed by atoms with Crippen molar-refractivity contribution in [3.05, 3.63) is 58.4 Å². The summed E-state index contributed by atoms with van der Waals surface area (Å²) in [5.74, 6) is 0.910. The first-order chi connectivity index (χ1) is 17.5. The van der Waals surface area contributed by atoms with Crippen molar-refractivity contribution in [1.29, 1.82) is 0 Å². The van der Waals surface area contributed by atoms with Gasteiger partial charge in [0.1, 0.15) is 17.5 Å². The Labute approximate surface area is 225 Å². The summed E-state index contributed by atoms with van der Waals surface area (Å²) in [5.41, 5.74) is 0.195. The van der Waals surface area contributed by atoms with E-state index in [0.717, 1.165) is 5.56 Å². The quantitative estimate of drug-likeness (QED) is 0.371. The number of anilines is 1. The molecule has 0 aromatic heterocycles. The molecule has 0 saturated carbocycles. The lowest BCUT2D eigenvalue weighted by Gasteiger charge is -2.27. The summed E-state index contributed by atoms with van der Waals surface area (Å²) in [4.78, 5) is 40.8. The molecule has 0 fully saturated rings. The van der Waals surface area contributed by atoms with Gasteiger partial charge in [-0.05, 0) is 57.0 Å². The van der Waals surface area contributed by atoms with E-state index in [9.17, 15) is 14.4 Å². The summed E-state index contributed by atoms with van der Waals surface area (Å²) in [6.45, 7) is 5.58. The monoisotopic (exact) mass is 545 g/mol. The number of unbranched alkanes of at least 4 members (excludes halogenated alkanes) is 1. The fourth-order valence-corrected chi connectivity index (χ4v) is 4.77. The van der Waals surface area contributed by atoms with E-state index in [1.807, 2.05) is 0 Å². The minimum atomic E-state index is -0.941. The van der Waals surface area contributed by atoms with Crippen LogP contribution in [0.25, 0.3) is 0 Å². The SMILES string of the molecule is C#CCCCNC(=O)c1cc2c(cc1F)SC[C@H](NC(=O)OC(C)(C)C)C(=O)N2Cc1ccc(Cl)cc1. The first-order valence-electron chi connectivity index (χ1n) is 11.7. The number of halogens is 2. The maximum absolute atomic E-state index is 15.0. The zero-order valence-corrected chi connectivity index (χ0v) is 22.5. The predicted molar refractivity (Wildman–Crippen MR) is 143 cm³/mol. The number of alkyl carbamates (subject to hydrolysis) is 1. The number of carbonyl (C=O) groups is 3. The molecule has 10 heteroatoms. The average Bonchev–Trinajstić information content (AvgIpc) is 2.93. The van der Waals surface area contributed by atoms with E-state index in [4.69, 9.17) is 22.8 Å². The molecule has 0 aliphatic carbocycles. The van der Waals surface area contributed by atoms with Crippen molar-refractivity contribution in [3.8, 4) is 12.3 Å². The molecule has 1 heterocycles. The Hall–Kier alpha value is -3.22. The van der Waals surface area contributed by atoms with Gasteiger partial charge in [-0.25, -0.2) is 9.18 Å². The van der Waals surface area contributed by atoms with Gasteiger partial charge in [0, 0.05) is 28.6 Å². The van der Waals surface area contributed by atoms with Crippen molar-refractivity contribution in [2.45, 2.75) is 56.7 Å². The Balaban J connectivity index is 1.95. The molecule has 0 saturated heterocycles. The molecule has 1 aliphatic heterocycles. The van der Waals surface area contributed by atoms with Gasteiger partial charge in [0.15, 0.2) is 0 Å². The van der Waals surface area contributed by atoms with Crippen LogP contribution in [0, 0.1) is 18.2 Å². The van der Waals surface area contributed by atoms with Crippen molar-refractivity contribution in [2.75, 3.05) is 17.2 Å². The zero-order chi connectivity index (χ0) is 27.2. The van der Waals surface area contributed by atoms with Crippen LogP contribution in [0.3, 0.4) is 0 Å². The lowest BCUT2D eigenvalue weighted by molar-refractivity contribution is -0.120. The lowest BCUT2D eigenvalue weighted by Crippen LogP contribution is -2.50. The van der Waals surface area contributed by atoms with Crippen LogP contribution in [0.2, 0.25) is 5.02 Å². The van der Waals surface area contributed by atoms with Crippen LogP contribution in [0.5, 0.6) is 0 Å². The largest absolute Gasteiger partial charge is 0.444 e. The van der Waals surface area contributed by atoms with Crippen LogP contribution in [0.15, 0.2) is 41.3 Å². The highest BCUT2D eigenvalue weighted by Gasteiger charge is 2.34. The van der Waals surface area contributed by atoms with Gasteiger partial charge >= 0.3 is 6.09 Å². The second-order valence-electron chi connectivity index (χ2n) is 9.42. The molecule has 1 aliphatic rings. The van der Waals surface area contributed by atoms with Gasteiger partial charge < -0.3 is 20.3 Å². The lowest BCUT2D eigenvalue weighted by atomic mass is 10.1. The number of rotatable bonds is 7. The van der Waals surface area contributed by atoms with Crippen LogP contribution in [-0.2, 0) is 16.1 Å². The highest BCUT2D eigenvalue weighted by Crippen LogP contribution is 2.37. The van der Waals surface area contributed by atoms with E-state index < -0.39 is 35.4 Å². The number of terminal acetylenes is 1. The van der Waals surface area contributed by atoms with Gasteiger partial charge in [-0.2, -0.15) is 0 Å². The van der Waals surface area contributed by atoms with Crippen molar-refractivity contribution in [2.24, 2.45) is 0 Å². The van der Waals surface area contributed by atoms with E-state index in [2.05, 4.69) is 16.6 Å². The van der Waals surface area contributed by atoms with E-state index in [0.29, 0.717) is 35.0 Å². The molecule has 0 spiro atoms. The number of amides is 3. The third kappa shape index (κ3) is 7.88. The Morgan fingerprint density at radius 2 is 1.97 bits per heavy atom. The number of nitrogens with zero attached hydrogens (tertiary/aromatic N) is 1. The molecule has 2 aromatic rings. The Kier molecular flexibility index (Phi) is 9.46. The maximum Gasteiger partial charge on any atom is 0.408 e. The molecule has 7 nitrogen and oxygen atoms in total. The maximum atomic E-state index is 15.0. The number of ether oxygens (including phenoxy) is 1. The summed E-state index contributed by atoms with van der Waals surface area (Å²) in [7, 11) is 0. The van der Waals surface area contributed by atoms with Crippen LogP contribution in [0.4, 0.5) is 14.9 Å². The minimum absolute atomic E-state index is 0.116. The molecular formula is C27H29ClFN3O4S. The number of thioether (sulfide) groups is 1. The molecule has 3 amide bonds. The average molecular weight is 546 g/mol. The molecular weight excluding hydrogens is 517 g/mol. The molecule has 1 atom stereocenters.